The van der Waals surface area contributed by atoms with E-state index in [0.29, 0.717) is 11.4 Å². The summed E-state index contributed by atoms with van der Waals surface area (Å²) >= 11 is 0. The minimum atomic E-state index is -0.962. The maximum Gasteiger partial charge on any atom is 0.336 e. The normalized spacial score (nSPS) is 10.4. The van der Waals surface area contributed by atoms with E-state index >= 15 is 0 Å². The van der Waals surface area contributed by atoms with E-state index in [2.05, 4.69) is 10.2 Å². The van der Waals surface area contributed by atoms with Crippen molar-refractivity contribution in [1.29, 1.82) is 0 Å². The van der Waals surface area contributed by atoms with Gasteiger partial charge in [0.2, 0.25) is 0 Å². The highest BCUT2D eigenvalue weighted by Gasteiger charge is 2.15. The van der Waals surface area contributed by atoms with E-state index in [4.69, 9.17) is 5.11 Å². The summed E-state index contributed by atoms with van der Waals surface area (Å²) in [6.45, 7) is 1.82. The van der Waals surface area contributed by atoms with Crippen LogP contribution in [-0.4, -0.2) is 25.8 Å². The standard InChI is InChI=1S/C11H11N3O2/c1-7-12-13-10(14(7)2)8-5-3-4-6-9(8)11(15)16/h3-6H,1-2H3,(H,15,16). The second-order valence-corrected chi connectivity index (χ2v) is 3.48. The van der Waals surface area contributed by atoms with Crippen molar-refractivity contribution in [1.82, 2.24) is 14.8 Å². The zero-order chi connectivity index (χ0) is 11.7. The van der Waals surface area contributed by atoms with Gasteiger partial charge in [0, 0.05) is 12.6 Å². The molecule has 0 saturated heterocycles. The Kier molecular flexibility index (Phi) is 2.44. The van der Waals surface area contributed by atoms with Gasteiger partial charge < -0.3 is 9.67 Å². The van der Waals surface area contributed by atoms with Gasteiger partial charge in [-0.1, -0.05) is 18.2 Å². The number of benzene rings is 1. The van der Waals surface area contributed by atoms with Crippen molar-refractivity contribution in [3.8, 4) is 11.4 Å². The van der Waals surface area contributed by atoms with Crippen molar-refractivity contribution >= 4 is 5.97 Å². The van der Waals surface area contributed by atoms with Gasteiger partial charge in [-0.2, -0.15) is 0 Å². The first-order valence-corrected chi connectivity index (χ1v) is 4.80. The van der Waals surface area contributed by atoms with Crippen LogP contribution in [0.15, 0.2) is 24.3 Å². The molecule has 82 valence electrons. The van der Waals surface area contributed by atoms with Crippen molar-refractivity contribution in [3.63, 3.8) is 0 Å². The van der Waals surface area contributed by atoms with Crippen molar-refractivity contribution in [2.45, 2.75) is 6.92 Å². The summed E-state index contributed by atoms with van der Waals surface area (Å²) in [7, 11) is 1.81. The van der Waals surface area contributed by atoms with Gasteiger partial charge in [-0.15, -0.1) is 10.2 Å². The fraction of sp³-hybridized carbons (Fsp3) is 0.182. The Balaban J connectivity index is 2.64. The fourth-order valence-corrected chi connectivity index (χ4v) is 1.51. The monoisotopic (exact) mass is 217 g/mol. The first-order chi connectivity index (χ1) is 7.61. The molecule has 0 bridgehead atoms. The van der Waals surface area contributed by atoms with Crippen molar-refractivity contribution in [2.75, 3.05) is 0 Å². The van der Waals surface area contributed by atoms with Gasteiger partial charge in [-0.3, -0.25) is 0 Å². The lowest BCUT2D eigenvalue weighted by atomic mass is 10.1. The van der Waals surface area contributed by atoms with E-state index < -0.39 is 5.97 Å². The summed E-state index contributed by atoms with van der Waals surface area (Å²) in [5, 5.41) is 17.0. The third-order valence-corrected chi connectivity index (χ3v) is 2.49. The van der Waals surface area contributed by atoms with Crippen LogP contribution in [0.5, 0.6) is 0 Å². The molecule has 5 heteroatoms. The average Bonchev–Trinajstić information content (AvgIpc) is 2.60. The molecule has 2 rings (SSSR count). The van der Waals surface area contributed by atoms with Crippen LogP contribution in [0.3, 0.4) is 0 Å². The number of nitrogens with zero attached hydrogens (tertiary/aromatic N) is 3. The molecule has 1 aromatic carbocycles. The highest BCUT2D eigenvalue weighted by molar-refractivity contribution is 5.94. The quantitative estimate of drug-likeness (QED) is 0.827. The molecule has 0 radical (unpaired) electrons. The lowest BCUT2D eigenvalue weighted by Gasteiger charge is -2.05. The summed E-state index contributed by atoms with van der Waals surface area (Å²) in [6.07, 6.45) is 0. The van der Waals surface area contributed by atoms with Crippen LogP contribution >= 0.6 is 0 Å². The molecule has 0 aliphatic rings. The van der Waals surface area contributed by atoms with Gasteiger partial charge in [0.25, 0.3) is 0 Å². The van der Waals surface area contributed by atoms with Crippen molar-refractivity contribution in [2.24, 2.45) is 7.05 Å². The molecular weight excluding hydrogens is 206 g/mol. The molecule has 1 N–H and O–H groups in total. The second-order valence-electron chi connectivity index (χ2n) is 3.48. The first-order valence-electron chi connectivity index (χ1n) is 4.80. The molecule has 5 nitrogen and oxygen atoms in total. The molecule has 1 aromatic heterocycles. The van der Waals surface area contributed by atoms with Crippen LogP contribution < -0.4 is 0 Å². The van der Waals surface area contributed by atoms with Gasteiger partial charge in [0.15, 0.2) is 5.82 Å². The molecule has 0 atom stereocenters. The van der Waals surface area contributed by atoms with E-state index in [1.54, 1.807) is 28.8 Å². The van der Waals surface area contributed by atoms with Crippen LogP contribution in [0.2, 0.25) is 0 Å². The average molecular weight is 217 g/mol. The predicted molar refractivity (Wildman–Crippen MR) is 58.1 cm³/mol. The van der Waals surface area contributed by atoms with Crippen LogP contribution in [0.25, 0.3) is 11.4 Å². The Bertz CT molecular complexity index is 546. The number of aryl methyl sites for hydroxylation is 1. The van der Waals surface area contributed by atoms with E-state index in [9.17, 15) is 4.79 Å². The Morgan fingerprint density at radius 3 is 2.56 bits per heavy atom. The van der Waals surface area contributed by atoms with E-state index in [1.165, 1.54) is 0 Å². The molecule has 0 fully saturated rings. The number of carboxylic acids is 1. The highest BCUT2D eigenvalue weighted by atomic mass is 16.4. The third-order valence-electron chi connectivity index (χ3n) is 2.49. The largest absolute Gasteiger partial charge is 0.478 e. The lowest BCUT2D eigenvalue weighted by molar-refractivity contribution is 0.0697. The topological polar surface area (TPSA) is 68.0 Å². The molecular formula is C11H11N3O2. The summed E-state index contributed by atoms with van der Waals surface area (Å²) in [4.78, 5) is 11.1. The smallest absolute Gasteiger partial charge is 0.336 e. The fourth-order valence-electron chi connectivity index (χ4n) is 1.51. The SMILES string of the molecule is Cc1nnc(-c2ccccc2C(=O)O)n1C. The molecule has 0 aliphatic carbocycles. The minimum absolute atomic E-state index is 0.234. The van der Waals surface area contributed by atoms with Crippen molar-refractivity contribution in [3.05, 3.63) is 35.7 Å². The van der Waals surface area contributed by atoms with Gasteiger partial charge in [0.05, 0.1) is 5.56 Å². The van der Waals surface area contributed by atoms with E-state index in [1.807, 2.05) is 14.0 Å². The Labute approximate surface area is 92.4 Å². The summed E-state index contributed by atoms with van der Waals surface area (Å²) in [5.74, 6) is 0.349. The molecule has 0 saturated carbocycles. The molecule has 1 heterocycles. The van der Waals surface area contributed by atoms with Gasteiger partial charge in [0.1, 0.15) is 5.82 Å². The number of hydrogen-bond donors (Lipinski definition) is 1. The summed E-state index contributed by atoms with van der Waals surface area (Å²) < 4.78 is 1.77. The highest BCUT2D eigenvalue weighted by Crippen LogP contribution is 2.21. The number of aromatic nitrogens is 3. The lowest BCUT2D eigenvalue weighted by Crippen LogP contribution is -2.02. The summed E-state index contributed by atoms with van der Waals surface area (Å²) in [6, 6.07) is 6.76. The van der Waals surface area contributed by atoms with E-state index in [0.717, 1.165) is 5.82 Å². The maximum atomic E-state index is 11.1. The predicted octanol–water partition coefficient (Wildman–Crippen LogP) is 1.49. The zero-order valence-corrected chi connectivity index (χ0v) is 9.01. The van der Waals surface area contributed by atoms with Gasteiger partial charge in [-0.05, 0) is 13.0 Å². The molecule has 0 aliphatic heterocycles. The summed E-state index contributed by atoms with van der Waals surface area (Å²) in [5.41, 5.74) is 0.816. The number of hydrogen-bond acceptors (Lipinski definition) is 3. The molecule has 0 unspecified atom stereocenters. The number of carbonyl (C=O) groups is 1. The number of carboxylic acid groups (broad SMARTS) is 1. The van der Waals surface area contributed by atoms with Crippen LogP contribution in [0.1, 0.15) is 16.2 Å². The number of aromatic carboxylic acids is 1. The van der Waals surface area contributed by atoms with Crippen LogP contribution in [0, 0.1) is 6.92 Å². The van der Waals surface area contributed by atoms with Crippen LogP contribution in [-0.2, 0) is 7.05 Å². The van der Waals surface area contributed by atoms with Gasteiger partial charge in [-0.25, -0.2) is 4.79 Å². The van der Waals surface area contributed by atoms with Crippen LogP contribution in [0.4, 0.5) is 0 Å². The Morgan fingerprint density at radius 2 is 2.00 bits per heavy atom. The zero-order valence-electron chi connectivity index (χ0n) is 9.01. The second kappa shape index (κ2) is 3.77. The molecule has 2 aromatic rings. The Hall–Kier alpha value is -2.17. The molecule has 0 spiro atoms. The van der Waals surface area contributed by atoms with Crippen molar-refractivity contribution < 1.29 is 9.90 Å². The minimum Gasteiger partial charge on any atom is -0.478 e. The maximum absolute atomic E-state index is 11.1. The number of rotatable bonds is 2. The van der Waals surface area contributed by atoms with Gasteiger partial charge >= 0.3 is 5.97 Å². The molecule has 0 amide bonds. The third kappa shape index (κ3) is 1.56. The molecule has 16 heavy (non-hydrogen) atoms. The first kappa shape index (κ1) is 10.4. The Morgan fingerprint density at radius 1 is 1.31 bits per heavy atom. The van der Waals surface area contributed by atoms with E-state index in [-0.39, 0.29) is 5.56 Å².